The minimum Gasteiger partial charge on any atom is -0.492 e. The Labute approximate surface area is 175 Å². The third kappa shape index (κ3) is 6.64. The Balaban J connectivity index is 0.00000364. The first kappa shape index (κ1) is 23.1. The molecule has 150 valence electrons. The number of guanidine groups is 1. The first-order chi connectivity index (χ1) is 12.4. The van der Waals surface area contributed by atoms with Gasteiger partial charge in [0.05, 0.1) is 18.8 Å². The van der Waals surface area contributed by atoms with Crippen molar-refractivity contribution in [2.45, 2.75) is 27.3 Å². The van der Waals surface area contributed by atoms with Gasteiger partial charge >= 0.3 is 0 Å². The van der Waals surface area contributed by atoms with Crippen LogP contribution in [0.2, 0.25) is 0 Å². The smallest absolute Gasteiger partial charge is 0.191 e. The van der Waals surface area contributed by atoms with Crippen LogP contribution in [0.15, 0.2) is 23.2 Å². The fourth-order valence-corrected chi connectivity index (χ4v) is 2.45. The van der Waals surface area contributed by atoms with Gasteiger partial charge in [0.25, 0.3) is 0 Å². The van der Waals surface area contributed by atoms with E-state index in [0.29, 0.717) is 25.7 Å². The summed E-state index contributed by atoms with van der Waals surface area (Å²) in [5, 5.41) is 10.7. The number of benzene rings is 1. The molecule has 0 spiro atoms. The maximum Gasteiger partial charge on any atom is 0.191 e. The van der Waals surface area contributed by atoms with Crippen LogP contribution in [-0.2, 0) is 13.6 Å². The third-order valence-electron chi connectivity index (χ3n) is 3.95. The molecule has 0 bridgehead atoms. The van der Waals surface area contributed by atoms with Crippen molar-refractivity contribution in [2.75, 3.05) is 19.7 Å². The molecule has 0 atom stereocenters. The van der Waals surface area contributed by atoms with Crippen LogP contribution in [0.5, 0.6) is 5.75 Å². The van der Waals surface area contributed by atoms with E-state index in [-0.39, 0.29) is 29.7 Å². The molecule has 0 amide bonds. The molecule has 0 aliphatic carbocycles. The van der Waals surface area contributed by atoms with Crippen LogP contribution >= 0.6 is 24.0 Å². The summed E-state index contributed by atoms with van der Waals surface area (Å²) < 4.78 is 33.3. The van der Waals surface area contributed by atoms with Gasteiger partial charge < -0.3 is 15.4 Å². The Morgan fingerprint density at radius 2 is 1.96 bits per heavy atom. The second-order valence-corrected chi connectivity index (χ2v) is 5.82. The number of aryl methyl sites for hydroxylation is 2. The number of aliphatic imine (C=N–C) groups is 1. The molecular weight excluding hydrogens is 467 g/mol. The summed E-state index contributed by atoms with van der Waals surface area (Å²) in [4.78, 5) is 4.56. The molecule has 0 unspecified atom stereocenters. The zero-order valence-corrected chi connectivity index (χ0v) is 18.3. The van der Waals surface area contributed by atoms with Gasteiger partial charge in [-0.05, 0) is 32.9 Å². The largest absolute Gasteiger partial charge is 0.492 e. The van der Waals surface area contributed by atoms with E-state index in [1.165, 1.54) is 6.07 Å². The maximum atomic E-state index is 13.1. The van der Waals surface area contributed by atoms with Gasteiger partial charge in [0.1, 0.15) is 12.4 Å². The molecular formula is C18H26F2IN5O. The quantitative estimate of drug-likeness (QED) is 0.270. The summed E-state index contributed by atoms with van der Waals surface area (Å²) in [5.74, 6) is -0.871. The van der Waals surface area contributed by atoms with Crippen LogP contribution in [0.1, 0.15) is 23.9 Å². The molecule has 0 aliphatic heterocycles. The molecule has 2 aromatic rings. The Morgan fingerprint density at radius 3 is 2.56 bits per heavy atom. The van der Waals surface area contributed by atoms with E-state index in [2.05, 4.69) is 20.7 Å². The molecule has 1 heterocycles. The molecule has 27 heavy (non-hydrogen) atoms. The lowest BCUT2D eigenvalue weighted by molar-refractivity contribution is 0.318. The normalized spacial score (nSPS) is 11.1. The molecule has 0 saturated carbocycles. The Kier molecular flexibility index (Phi) is 9.47. The number of aromatic nitrogens is 2. The molecule has 9 heteroatoms. The van der Waals surface area contributed by atoms with Crippen molar-refractivity contribution in [2.24, 2.45) is 12.0 Å². The predicted octanol–water partition coefficient (Wildman–Crippen LogP) is 3.07. The standard InChI is InChI=1S/C18H25F2N5O.HI/c1-5-21-18(23-11-15-12(2)24-25(4)13(15)3)22-8-9-26-14-6-7-16(19)17(20)10-14;/h6-7,10H,5,8-9,11H2,1-4H3,(H2,21,22,23);1H. The summed E-state index contributed by atoms with van der Waals surface area (Å²) in [6.07, 6.45) is 0. The van der Waals surface area contributed by atoms with Gasteiger partial charge in [0.2, 0.25) is 0 Å². The summed E-state index contributed by atoms with van der Waals surface area (Å²) in [6, 6.07) is 3.47. The predicted molar refractivity (Wildman–Crippen MR) is 113 cm³/mol. The summed E-state index contributed by atoms with van der Waals surface area (Å²) in [6.45, 7) is 7.96. The average Bonchev–Trinajstić information content (AvgIpc) is 2.84. The molecule has 2 rings (SSSR count). The highest BCUT2D eigenvalue weighted by Gasteiger charge is 2.09. The van der Waals surface area contributed by atoms with Crippen molar-refractivity contribution in [1.29, 1.82) is 0 Å². The molecule has 6 nitrogen and oxygen atoms in total. The molecule has 0 aliphatic rings. The minimum absolute atomic E-state index is 0. The SMILES string of the molecule is CCNC(=NCc1c(C)nn(C)c1C)NCCOc1ccc(F)c(F)c1.I. The van der Waals surface area contributed by atoms with Crippen LogP contribution in [0, 0.1) is 25.5 Å². The molecule has 0 radical (unpaired) electrons. The zero-order valence-electron chi connectivity index (χ0n) is 16.0. The van der Waals surface area contributed by atoms with E-state index in [9.17, 15) is 8.78 Å². The second kappa shape index (κ2) is 11.1. The van der Waals surface area contributed by atoms with E-state index >= 15 is 0 Å². The van der Waals surface area contributed by atoms with Crippen LogP contribution < -0.4 is 15.4 Å². The highest BCUT2D eigenvalue weighted by molar-refractivity contribution is 14.0. The first-order valence-corrected chi connectivity index (χ1v) is 8.51. The average molecular weight is 493 g/mol. The van der Waals surface area contributed by atoms with Gasteiger partial charge in [-0.1, -0.05) is 0 Å². The second-order valence-electron chi connectivity index (χ2n) is 5.82. The van der Waals surface area contributed by atoms with E-state index < -0.39 is 11.6 Å². The van der Waals surface area contributed by atoms with E-state index in [4.69, 9.17) is 4.74 Å². The van der Waals surface area contributed by atoms with Gasteiger partial charge in [-0.25, -0.2) is 13.8 Å². The van der Waals surface area contributed by atoms with Crippen LogP contribution in [0.3, 0.4) is 0 Å². The lowest BCUT2D eigenvalue weighted by Crippen LogP contribution is -2.39. The Bertz CT molecular complexity index is 779. The number of nitrogens with zero attached hydrogens (tertiary/aromatic N) is 3. The highest BCUT2D eigenvalue weighted by atomic mass is 127. The van der Waals surface area contributed by atoms with Crippen LogP contribution in [0.4, 0.5) is 8.78 Å². The van der Waals surface area contributed by atoms with Crippen molar-refractivity contribution in [3.05, 3.63) is 46.8 Å². The monoisotopic (exact) mass is 493 g/mol. The number of ether oxygens (including phenoxy) is 1. The van der Waals surface area contributed by atoms with Crippen LogP contribution in [-0.4, -0.2) is 35.4 Å². The maximum absolute atomic E-state index is 13.1. The van der Waals surface area contributed by atoms with Gasteiger partial charge in [-0.2, -0.15) is 5.10 Å². The Hall–Kier alpha value is -1.91. The lowest BCUT2D eigenvalue weighted by Gasteiger charge is -2.12. The number of halogens is 3. The molecule has 1 aromatic carbocycles. The van der Waals surface area contributed by atoms with E-state index in [1.54, 1.807) is 0 Å². The zero-order chi connectivity index (χ0) is 19.1. The highest BCUT2D eigenvalue weighted by Crippen LogP contribution is 2.15. The summed E-state index contributed by atoms with van der Waals surface area (Å²) >= 11 is 0. The molecule has 2 N–H and O–H groups in total. The van der Waals surface area contributed by atoms with Crippen molar-refractivity contribution < 1.29 is 13.5 Å². The molecule has 1 aromatic heterocycles. The number of hydrogen-bond acceptors (Lipinski definition) is 3. The number of rotatable bonds is 7. The van der Waals surface area contributed by atoms with Gasteiger partial charge in [0, 0.05) is 30.9 Å². The van der Waals surface area contributed by atoms with Gasteiger partial charge in [-0.15, -0.1) is 24.0 Å². The fraction of sp³-hybridized carbons (Fsp3) is 0.444. The van der Waals surface area contributed by atoms with Crippen molar-refractivity contribution >= 4 is 29.9 Å². The van der Waals surface area contributed by atoms with E-state index in [0.717, 1.165) is 35.6 Å². The lowest BCUT2D eigenvalue weighted by atomic mass is 10.2. The Morgan fingerprint density at radius 1 is 1.22 bits per heavy atom. The number of hydrogen-bond donors (Lipinski definition) is 2. The first-order valence-electron chi connectivity index (χ1n) is 8.51. The van der Waals surface area contributed by atoms with Gasteiger partial charge in [-0.3, -0.25) is 4.68 Å². The number of nitrogens with one attached hydrogen (secondary N) is 2. The van der Waals surface area contributed by atoms with Crippen molar-refractivity contribution in [1.82, 2.24) is 20.4 Å². The van der Waals surface area contributed by atoms with Crippen molar-refractivity contribution in [3.8, 4) is 5.75 Å². The third-order valence-corrected chi connectivity index (χ3v) is 3.95. The van der Waals surface area contributed by atoms with Gasteiger partial charge in [0.15, 0.2) is 17.6 Å². The van der Waals surface area contributed by atoms with E-state index in [1.807, 2.05) is 32.5 Å². The topological polar surface area (TPSA) is 63.5 Å². The summed E-state index contributed by atoms with van der Waals surface area (Å²) in [7, 11) is 1.91. The van der Waals surface area contributed by atoms with Crippen LogP contribution in [0.25, 0.3) is 0 Å². The van der Waals surface area contributed by atoms with Crippen molar-refractivity contribution in [3.63, 3.8) is 0 Å². The minimum atomic E-state index is -0.924. The summed E-state index contributed by atoms with van der Waals surface area (Å²) in [5.41, 5.74) is 3.15. The fourth-order valence-electron chi connectivity index (χ4n) is 2.45. The molecule has 0 fully saturated rings. The molecule has 0 saturated heterocycles.